The van der Waals surface area contributed by atoms with E-state index in [-0.39, 0.29) is 37.1 Å². The summed E-state index contributed by atoms with van der Waals surface area (Å²) in [5.41, 5.74) is -0.0781. The molecule has 1 aliphatic carbocycles. The van der Waals surface area contributed by atoms with Crippen LogP contribution in [0.5, 0.6) is 0 Å². The molecule has 3 rings (SSSR count). The van der Waals surface area contributed by atoms with Gasteiger partial charge in [-0.3, -0.25) is 4.79 Å². The lowest BCUT2D eigenvalue weighted by molar-refractivity contribution is -0.137. The molecule has 28 heavy (non-hydrogen) atoms. The van der Waals surface area contributed by atoms with Gasteiger partial charge in [0.15, 0.2) is 0 Å². The number of hydrogen-bond donors (Lipinski definition) is 0. The maximum Gasteiger partial charge on any atom is 0.416 e. The van der Waals surface area contributed by atoms with Crippen molar-refractivity contribution in [2.45, 2.75) is 57.3 Å². The molecule has 2 fully saturated rings. The second-order valence-corrected chi connectivity index (χ2v) is 9.56. The number of halogens is 3. The van der Waals surface area contributed by atoms with Crippen molar-refractivity contribution in [3.05, 3.63) is 35.4 Å². The maximum atomic E-state index is 12.7. The number of rotatable bonds is 8. The Morgan fingerprint density at radius 3 is 2.25 bits per heavy atom. The first-order chi connectivity index (χ1) is 13.2. The van der Waals surface area contributed by atoms with Crippen molar-refractivity contribution >= 4 is 15.9 Å². The molecular weight excluding hydrogens is 393 g/mol. The summed E-state index contributed by atoms with van der Waals surface area (Å²) < 4.78 is 64.0. The summed E-state index contributed by atoms with van der Waals surface area (Å²) in [5.74, 6) is -0.184. The highest BCUT2D eigenvalue weighted by molar-refractivity contribution is 7.89. The molecule has 0 bridgehead atoms. The fourth-order valence-corrected chi connectivity index (χ4v) is 5.03. The monoisotopic (exact) mass is 418 g/mol. The van der Waals surface area contributed by atoms with Crippen LogP contribution in [0.25, 0.3) is 0 Å². The lowest BCUT2D eigenvalue weighted by atomic mass is 10.1. The molecule has 9 heteroatoms. The van der Waals surface area contributed by atoms with E-state index >= 15 is 0 Å². The van der Waals surface area contributed by atoms with E-state index in [0.29, 0.717) is 18.7 Å². The molecule has 5 nitrogen and oxygen atoms in total. The third-order valence-corrected chi connectivity index (χ3v) is 7.15. The number of nitrogens with zero attached hydrogens (tertiary/aromatic N) is 2. The van der Waals surface area contributed by atoms with Crippen LogP contribution in [-0.4, -0.2) is 48.4 Å². The van der Waals surface area contributed by atoms with Crippen molar-refractivity contribution in [3.63, 3.8) is 0 Å². The van der Waals surface area contributed by atoms with Crippen LogP contribution < -0.4 is 0 Å². The van der Waals surface area contributed by atoms with Crippen molar-refractivity contribution < 1.29 is 26.4 Å². The lowest BCUT2D eigenvalue weighted by Gasteiger charge is -2.23. The lowest BCUT2D eigenvalue weighted by Crippen LogP contribution is -2.34. The summed E-state index contributed by atoms with van der Waals surface area (Å²) in [4.78, 5) is 14.3. The van der Waals surface area contributed by atoms with Crippen molar-refractivity contribution in [2.75, 3.05) is 18.8 Å². The van der Waals surface area contributed by atoms with E-state index < -0.39 is 21.8 Å². The summed E-state index contributed by atoms with van der Waals surface area (Å²) in [5, 5.41) is 0. The summed E-state index contributed by atoms with van der Waals surface area (Å²) >= 11 is 0. The quantitative estimate of drug-likeness (QED) is 0.650. The SMILES string of the molecule is O=C(CCCS(=O)(=O)N1CCCC1)N(Cc1ccc(C(F)(F)F)cc1)C1CC1. The molecule has 156 valence electrons. The minimum Gasteiger partial charge on any atom is -0.335 e. The molecule has 1 heterocycles. The van der Waals surface area contributed by atoms with Crippen molar-refractivity contribution in [1.29, 1.82) is 0 Å². The van der Waals surface area contributed by atoms with Crippen molar-refractivity contribution in [3.8, 4) is 0 Å². The summed E-state index contributed by atoms with van der Waals surface area (Å²) in [7, 11) is -3.31. The van der Waals surface area contributed by atoms with E-state index in [4.69, 9.17) is 0 Å². The molecular formula is C19H25F3N2O3S. The Bertz CT molecular complexity index is 784. The number of benzene rings is 1. The van der Waals surface area contributed by atoms with E-state index in [1.807, 2.05) is 0 Å². The fourth-order valence-electron chi connectivity index (χ4n) is 3.45. The van der Waals surface area contributed by atoms with Gasteiger partial charge in [0.25, 0.3) is 0 Å². The highest BCUT2D eigenvalue weighted by Crippen LogP contribution is 2.31. The molecule has 0 atom stereocenters. The molecule has 0 radical (unpaired) electrons. The van der Waals surface area contributed by atoms with Gasteiger partial charge in [0, 0.05) is 32.1 Å². The van der Waals surface area contributed by atoms with Crippen LogP contribution in [0.2, 0.25) is 0 Å². The Kier molecular flexibility index (Phi) is 6.34. The van der Waals surface area contributed by atoms with E-state index in [9.17, 15) is 26.4 Å². The molecule has 1 aromatic carbocycles. The van der Waals surface area contributed by atoms with Crippen LogP contribution in [0.4, 0.5) is 13.2 Å². The standard InChI is InChI=1S/C19H25F3N2O3S/c20-19(21,22)16-7-5-15(6-8-16)14-24(17-9-10-17)18(25)4-3-13-28(26,27)23-11-1-2-12-23/h5-8,17H,1-4,9-14H2. The predicted molar refractivity (Wildman–Crippen MR) is 98.8 cm³/mol. The molecule has 0 unspecified atom stereocenters. The highest BCUT2D eigenvalue weighted by Gasteiger charge is 2.33. The van der Waals surface area contributed by atoms with Gasteiger partial charge >= 0.3 is 6.18 Å². The van der Waals surface area contributed by atoms with Gasteiger partial charge in [-0.05, 0) is 49.8 Å². The Morgan fingerprint density at radius 2 is 1.71 bits per heavy atom. The summed E-state index contributed by atoms with van der Waals surface area (Å²) in [6.07, 6.45) is -0.498. The summed E-state index contributed by atoms with van der Waals surface area (Å²) in [6.45, 7) is 1.36. The average molecular weight is 418 g/mol. The molecule has 0 N–H and O–H groups in total. The molecule has 2 aliphatic rings. The molecule has 1 saturated heterocycles. The zero-order valence-corrected chi connectivity index (χ0v) is 16.4. The third-order valence-electron chi connectivity index (χ3n) is 5.19. The number of alkyl halides is 3. The Morgan fingerprint density at radius 1 is 1.11 bits per heavy atom. The zero-order valence-electron chi connectivity index (χ0n) is 15.6. The van der Waals surface area contributed by atoms with Gasteiger partial charge in [-0.15, -0.1) is 0 Å². The van der Waals surface area contributed by atoms with Gasteiger partial charge in [0.1, 0.15) is 0 Å². The van der Waals surface area contributed by atoms with Crippen LogP contribution in [-0.2, 0) is 27.5 Å². The Balaban J connectivity index is 1.54. The first-order valence-corrected chi connectivity index (χ1v) is 11.2. The number of hydrogen-bond acceptors (Lipinski definition) is 3. The molecule has 0 spiro atoms. The van der Waals surface area contributed by atoms with Crippen molar-refractivity contribution in [1.82, 2.24) is 9.21 Å². The Hall–Kier alpha value is -1.61. The van der Waals surface area contributed by atoms with Crippen LogP contribution in [0.1, 0.15) is 49.7 Å². The maximum absolute atomic E-state index is 12.7. The minimum atomic E-state index is -4.38. The largest absolute Gasteiger partial charge is 0.416 e. The number of amides is 1. The number of sulfonamides is 1. The molecule has 0 aromatic heterocycles. The average Bonchev–Trinajstić information content (AvgIpc) is 3.30. The first kappa shape index (κ1) is 21.1. The van der Waals surface area contributed by atoms with Gasteiger partial charge in [-0.25, -0.2) is 12.7 Å². The van der Waals surface area contributed by atoms with Gasteiger partial charge in [0.05, 0.1) is 11.3 Å². The van der Waals surface area contributed by atoms with E-state index in [1.165, 1.54) is 16.4 Å². The summed E-state index contributed by atoms with van der Waals surface area (Å²) in [6, 6.07) is 4.93. The number of carbonyl (C=O) groups excluding carboxylic acids is 1. The minimum absolute atomic E-state index is 0.0441. The van der Waals surface area contributed by atoms with Gasteiger partial charge in [-0.2, -0.15) is 13.2 Å². The van der Waals surface area contributed by atoms with Crippen LogP contribution >= 0.6 is 0 Å². The normalized spacial score (nSPS) is 18.4. The van der Waals surface area contributed by atoms with Gasteiger partial charge in [-0.1, -0.05) is 12.1 Å². The zero-order chi connectivity index (χ0) is 20.4. The van der Waals surface area contributed by atoms with Crippen LogP contribution in [0, 0.1) is 0 Å². The first-order valence-electron chi connectivity index (χ1n) is 9.60. The molecule has 1 aliphatic heterocycles. The molecule has 1 aromatic rings. The molecule has 1 amide bonds. The van der Waals surface area contributed by atoms with E-state index in [0.717, 1.165) is 37.8 Å². The predicted octanol–water partition coefficient (Wildman–Crippen LogP) is 3.40. The highest BCUT2D eigenvalue weighted by atomic mass is 32.2. The Labute approximate surface area is 163 Å². The van der Waals surface area contributed by atoms with E-state index in [1.54, 1.807) is 4.90 Å². The van der Waals surface area contributed by atoms with Crippen molar-refractivity contribution in [2.24, 2.45) is 0 Å². The van der Waals surface area contributed by atoms with Gasteiger partial charge < -0.3 is 4.90 Å². The third kappa shape index (κ3) is 5.47. The van der Waals surface area contributed by atoms with E-state index in [2.05, 4.69) is 0 Å². The smallest absolute Gasteiger partial charge is 0.335 e. The second-order valence-electron chi connectivity index (χ2n) is 7.47. The van der Waals surface area contributed by atoms with Gasteiger partial charge in [0.2, 0.25) is 15.9 Å². The fraction of sp³-hybridized carbons (Fsp3) is 0.632. The number of carbonyl (C=O) groups is 1. The van der Waals surface area contributed by atoms with Crippen LogP contribution in [0.3, 0.4) is 0 Å². The topological polar surface area (TPSA) is 57.7 Å². The van der Waals surface area contributed by atoms with Crippen LogP contribution in [0.15, 0.2) is 24.3 Å². The molecule has 1 saturated carbocycles. The second kappa shape index (κ2) is 8.41.